The highest BCUT2D eigenvalue weighted by molar-refractivity contribution is 6.30. The van der Waals surface area contributed by atoms with Gasteiger partial charge in [0.25, 0.3) is 0 Å². The Morgan fingerprint density at radius 2 is 2.00 bits per heavy atom. The van der Waals surface area contributed by atoms with Crippen LogP contribution in [0.1, 0.15) is 52.0 Å². The van der Waals surface area contributed by atoms with Crippen LogP contribution in [0.25, 0.3) is 0 Å². The summed E-state index contributed by atoms with van der Waals surface area (Å²) in [6, 6.07) is 5.40. The fourth-order valence-electron chi connectivity index (χ4n) is 3.42. The second-order valence-electron chi connectivity index (χ2n) is 7.11. The molecule has 1 nitrogen and oxygen atoms in total. The zero-order valence-electron chi connectivity index (χ0n) is 13.4. The summed E-state index contributed by atoms with van der Waals surface area (Å²) >= 11 is 5.84. The molecule has 1 atom stereocenters. The van der Waals surface area contributed by atoms with Crippen LogP contribution in [0.3, 0.4) is 0 Å². The standard InChI is InChI=1S/C18H27ClFN/c1-4-21-17(13-7-9-18(2,3)10-8-13)11-14-5-6-15(19)12-16(14)20/h5-6,12-13,17,21H,4,7-11H2,1-3H3. The molecule has 3 heteroatoms. The van der Waals surface area contributed by atoms with E-state index in [4.69, 9.17) is 11.6 Å². The van der Waals surface area contributed by atoms with Gasteiger partial charge in [-0.1, -0.05) is 38.4 Å². The van der Waals surface area contributed by atoms with E-state index in [9.17, 15) is 4.39 Å². The lowest BCUT2D eigenvalue weighted by molar-refractivity contribution is 0.161. The second kappa shape index (κ2) is 7.11. The third-order valence-corrected chi connectivity index (χ3v) is 5.11. The minimum absolute atomic E-state index is 0.179. The van der Waals surface area contributed by atoms with Crippen LogP contribution < -0.4 is 5.32 Å². The van der Waals surface area contributed by atoms with Gasteiger partial charge in [-0.3, -0.25) is 0 Å². The zero-order chi connectivity index (χ0) is 15.5. The Hall–Kier alpha value is -0.600. The number of likely N-dealkylation sites (N-methyl/N-ethyl adjacent to an activating group) is 1. The van der Waals surface area contributed by atoms with Gasteiger partial charge in [-0.2, -0.15) is 0 Å². The molecule has 0 aliphatic heterocycles. The van der Waals surface area contributed by atoms with Crippen molar-refractivity contribution in [3.8, 4) is 0 Å². The summed E-state index contributed by atoms with van der Waals surface area (Å²) in [4.78, 5) is 0. The highest BCUT2D eigenvalue weighted by atomic mass is 35.5. The summed E-state index contributed by atoms with van der Waals surface area (Å²) in [6.07, 6.45) is 5.76. The minimum Gasteiger partial charge on any atom is -0.314 e. The SMILES string of the molecule is CCNC(Cc1ccc(Cl)cc1F)C1CCC(C)(C)CC1. The van der Waals surface area contributed by atoms with Crippen LogP contribution in [0.4, 0.5) is 4.39 Å². The average molecular weight is 312 g/mol. The van der Waals surface area contributed by atoms with E-state index in [0.29, 0.717) is 22.4 Å². The predicted molar refractivity (Wildman–Crippen MR) is 88.3 cm³/mol. The Morgan fingerprint density at radius 1 is 1.33 bits per heavy atom. The van der Waals surface area contributed by atoms with Crippen molar-refractivity contribution in [1.29, 1.82) is 0 Å². The molecule has 1 aromatic rings. The van der Waals surface area contributed by atoms with Gasteiger partial charge < -0.3 is 5.32 Å². The molecule has 0 radical (unpaired) electrons. The molecule has 0 saturated heterocycles. The number of hydrogen-bond donors (Lipinski definition) is 1. The molecule has 0 heterocycles. The summed E-state index contributed by atoms with van der Waals surface area (Å²) < 4.78 is 14.0. The number of benzene rings is 1. The summed E-state index contributed by atoms with van der Waals surface area (Å²) in [6.45, 7) is 7.76. The number of hydrogen-bond acceptors (Lipinski definition) is 1. The molecular weight excluding hydrogens is 285 g/mol. The quantitative estimate of drug-likeness (QED) is 0.786. The molecular formula is C18H27ClFN. The fourth-order valence-corrected chi connectivity index (χ4v) is 3.57. The molecule has 1 aliphatic rings. The first-order valence-corrected chi connectivity index (χ1v) is 8.46. The van der Waals surface area contributed by atoms with Crippen molar-refractivity contribution in [1.82, 2.24) is 5.32 Å². The molecule has 1 unspecified atom stereocenters. The molecule has 118 valence electrons. The van der Waals surface area contributed by atoms with Gasteiger partial charge in [0.2, 0.25) is 0 Å². The van der Waals surface area contributed by atoms with Crippen molar-refractivity contribution >= 4 is 11.6 Å². The lowest BCUT2D eigenvalue weighted by atomic mass is 9.70. The Balaban J connectivity index is 2.05. The van der Waals surface area contributed by atoms with E-state index < -0.39 is 0 Å². The molecule has 1 saturated carbocycles. The van der Waals surface area contributed by atoms with Gasteiger partial charge in [0, 0.05) is 11.1 Å². The van der Waals surface area contributed by atoms with Gasteiger partial charge in [-0.25, -0.2) is 4.39 Å². The Morgan fingerprint density at radius 3 is 2.57 bits per heavy atom. The average Bonchev–Trinajstić information content (AvgIpc) is 2.41. The van der Waals surface area contributed by atoms with Gasteiger partial charge in [-0.05, 0) is 67.7 Å². The van der Waals surface area contributed by atoms with E-state index in [2.05, 4.69) is 26.1 Å². The molecule has 1 fully saturated rings. The summed E-state index contributed by atoms with van der Waals surface area (Å²) in [5.74, 6) is 0.467. The van der Waals surface area contributed by atoms with E-state index in [-0.39, 0.29) is 5.82 Å². The van der Waals surface area contributed by atoms with Crippen LogP contribution in [0.2, 0.25) is 5.02 Å². The van der Waals surface area contributed by atoms with Crippen molar-refractivity contribution in [3.05, 3.63) is 34.6 Å². The normalized spacial score (nSPS) is 20.4. The first-order valence-electron chi connectivity index (χ1n) is 8.08. The van der Waals surface area contributed by atoms with Crippen LogP contribution >= 0.6 is 11.6 Å². The molecule has 1 aliphatic carbocycles. The maximum Gasteiger partial charge on any atom is 0.127 e. The van der Waals surface area contributed by atoms with Crippen LogP contribution in [0.5, 0.6) is 0 Å². The fraction of sp³-hybridized carbons (Fsp3) is 0.667. The van der Waals surface area contributed by atoms with Crippen LogP contribution in [0.15, 0.2) is 18.2 Å². The maximum atomic E-state index is 14.0. The lowest BCUT2D eigenvalue weighted by Crippen LogP contribution is -2.40. The van der Waals surface area contributed by atoms with Crippen LogP contribution in [-0.4, -0.2) is 12.6 Å². The molecule has 1 aromatic carbocycles. The molecule has 0 amide bonds. The second-order valence-corrected chi connectivity index (χ2v) is 7.54. The van der Waals surface area contributed by atoms with Crippen LogP contribution in [0, 0.1) is 17.2 Å². The smallest absolute Gasteiger partial charge is 0.127 e. The highest BCUT2D eigenvalue weighted by Crippen LogP contribution is 2.39. The Labute approximate surface area is 133 Å². The minimum atomic E-state index is -0.179. The predicted octanol–water partition coefficient (Wildman–Crippen LogP) is 5.22. The van der Waals surface area contributed by atoms with Crippen molar-refractivity contribution < 1.29 is 4.39 Å². The first-order chi connectivity index (χ1) is 9.91. The van der Waals surface area contributed by atoms with Gasteiger partial charge in [-0.15, -0.1) is 0 Å². The highest BCUT2D eigenvalue weighted by Gasteiger charge is 2.31. The lowest BCUT2D eigenvalue weighted by Gasteiger charge is -2.38. The van der Waals surface area contributed by atoms with Crippen molar-refractivity contribution in [3.63, 3.8) is 0 Å². The molecule has 2 rings (SSSR count). The number of rotatable bonds is 5. The number of halogens is 2. The van der Waals surface area contributed by atoms with Gasteiger partial charge in [0.15, 0.2) is 0 Å². The molecule has 0 spiro atoms. The van der Waals surface area contributed by atoms with Crippen molar-refractivity contribution in [2.45, 2.75) is 58.9 Å². The third-order valence-electron chi connectivity index (χ3n) is 4.87. The van der Waals surface area contributed by atoms with Gasteiger partial charge in [0.1, 0.15) is 5.82 Å². The summed E-state index contributed by atoms with van der Waals surface area (Å²) in [5, 5.41) is 4.04. The van der Waals surface area contributed by atoms with E-state index in [0.717, 1.165) is 18.5 Å². The van der Waals surface area contributed by atoms with Crippen LogP contribution in [-0.2, 0) is 6.42 Å². The largest absolute Gasteiger partial charge is 0.314 e. The van der Waals surface area contributed by atoms with Gasteiger partial charge >= 0.3 is 0 Å². The van der Waals surface area contributed by atoms with E-state index in [1.807, 2.05) is 6.07 Å². The first kappa shape index (κ1) is 16.8. The molecule has 0 bridgehead atoms. The number of nitrogens with one attached hydrogen (secondary N) is 1. The Bertz CT molecular complexity index is 462. The van der Waals surface area contributed by atoms with E-state index in [1.54, 1.807) is 6.07 Å². The topological polar surface area (TPSA) is 12.0 Å². The molecule has 1 N–H and O–H groups in total. The maximum absolute atomic E-state index is 14.0. The van der Waals surface area contributed by atoms with Crippen molar-refractivity contribution in [2.24, 2.45) is 11.3 Å². The van der Waals surface area contributed by atoms with E-state index >= 15 is 0 Å². The van der Waals surface area contributed by atoms with Crippen molar-refractivity contribution in [2.75, 3.05) is 6.54 Å². The monoisotopic (exact) mass is 311 g/mol. The van der Waals surface area contributed by atoms with E-state index in [1.165, 1.54) is 31.7 Å². The zero-order valence-corrected chi connectivity index (χ0v) is 14.1. The summed E-state index contributed by atoms with van der Waals surface area (Å²) in [5.41, 5.74) is 1.24. The third kappa shape index (κ3) is 4.69. The summed E-state index contributed by atoms with van der Waals surface area (Å²) in [7, 11) is 0. The van der Waals surface area contributed by atoms with Gasteiger partial charge in [0.05, 0.1) is 0 Å². The molecule has 21 heavy (non-hydrogen) atoms. The Kier molecular flexibility index (Phi) is 5.67. The molecule has 0 aromatic heterocycles.